The topological polar surface area (TPSA) is 61.5 Å². The molecule has 2 aromatic heterocycles. The smallest absolute Gasteiger partial charge is 0.277 e. The number of rotatable bonds is 9. The number of aromatic amines is 1. The van der Waals surface area contributed by atoms with Crippen molar-refractivity contribution in [1.82, 2.24) is 10.3 Å². The van der Waals surface area contributed by atoms with Gasteiger partial charge in [0.25, 0.3) is 5.91 Å². The van der Waals surface area contributed by atoms with E-state index in [1.807, 2.05) is 19.1 Å². The minimum atomic E-state index is -0.134. The van der Waals surface area contributed by atoms with Gasteiger partial charge in [0, 0.05) is 28.5 Å². The Kier molecular flexibility index (Phi) is 6.62. The minimum absolute atomic E-state index is 0.0947. The van der Waals surface area contributed by atoms with Gasteiger partial charge in [0.1, 0.15) is 0 Å². The van der Waals surface area contributed by atoms with E-state index in [0.29, 0.717) is 6.54 Å². The summed E-state index contributed by atoms with van der Waals surface area (Å²) in [6, 6.07) is 23.0. The first-order chi connectivity index (χ1) is 14.7. The number of nitrogens with one attached hydrogen (secondary N) is 2. The van der Waals surface area contributed by atoms with Gasteiger partial charge in [-0.3, -0.25) is 4.79 Å². The van der Waals surface area contributed by atoms with Crippen LogP contribution in [-0.4, -0.2) is 30.0 Å². The van der Waals surface area contributed by atoms with Crippen LogP contribution in [0, 0.1) is 0 Å². The third-order valence-corrected chi connectivity index (χ3v) is 6.52. The van der Waals surface area contributed by atoms with E-state index in [2.05, 4.69) is 81.8 Å². The number of amides is 1. The molecule has 0 unspecified atom stereocenters. The Morgan fingerprint density at radius 1 is 1.07 bits per heavy atom. The molecule has 0 saturated carbocycles. The Bertz CT molecular complexity index is 1070. The molecule has 0 radical (unpaired) electrons. The Morgan fingerprint density at radius 2 is 1.87 bits per heavy atom. The lowest BCUT2D eigenvalue weighted by molar-refractivity contribution is -0.674. The molecule has 0 spiro atoms. The monoisotopic (exact) mass is 418 g/mol. The molecule has 2 heterocycles. The number of quaternary nitrogens is 1. The number of hydrogen-bond acceptors (Lipinski definition) is 2. The van der Waals surface area contributed by atoms with Crippen molar-refractivity contribution < 1.29 is 10.1 Å². The minimum Gasteiger partial charge on any atom is -0.361 e. The Morgan fingerprint density at radius 3 is 2.67 bits per heavy atom. The maximum atomic E-state index is 12.6. The van der Waals surface area contributed by atoms with Crippen molar-refractivity contribution >= 4 is 28.1 Å². The van der Waals surface area contributed by atoms with Gasteiger partial charge in [-0.05, 0) is 42.0 Å². The van der Waals surface area contributed by atoms with Crippen LogP contribution in [0.25, 0.3) is 10.9 Å². The van der Waals surface area contributed by atoms with Gasteiger partial charge < -0.3 is 15.6 Å². The maximum Gasteiger partial charge on any atom is 0.277 e. The molecule has 0 saturated heterocycles. The fourth-order valence-electron chi connectivity index (χ4n) is 3.88. The summed E-state index contributed by atoms with van der Waals surface area (Å²) in [5.74, 6) is 0.306. The molecule has 0 aliphatic heterocycles. The number of aromatic nitrogens is 1. The fraction of sp³-hybridized carbons (Fsp3) is 0.240. The van der Waals surface area contributed by atoms with E-state index >= 15 is 0 Å². The highest BCUT2D eigenvalue weighted by atomic mass is 32.1. The molecule has 4 aromatic rings. The molecule has 1 amide bonds. The zero-order valence-electron chi connectivity index (χ0n) is 17.2. The van der Waals surface area contributed by atoms with E-state index in [1.165, 1.54) is 21.4 Å². The maximum absolute atomic E-state index is 12.6. The molecule has 0 bridgehead atoms. The average Bonchev–Trinajstić information content (AvgIpc) is 3.45. The standard InChI is InChI=1S/C25H27N3OS/c1-18(25(29)26-14-13-20-10-7-15-30-20)27-16-22(19-8-3-2-4-9-19)23-17-28-24-12-6-5-11-21(23)24/h2-12,15,17-18,22,27-28H,13-14,16H2,1H3,(H,26,29)/p+1/t18-,22-/m1/s1. The summed E-state index contributed by atoms with van der Waals surface area (Å²) in [4.78, 5) is 17.3. The molecule has 4 N–H and O–H groups in total. The van der Waals surface area contributed by atoms with Crippen LogP contribution in [0.2, 0.25) is 0 Å². The number of carbonyl (C=O) groups excluding carboxylic acids is 1. The summed E-state index contributed by atoms with van der Waals surface area (Å²) in [5, 5.41) is 8.55. The first-order valence-electron chi connectivity index (χ1n) is 10.5. The van der Waals surface area contributed by atoms with Crippen molar-refractivity contribution in [1.29, 1.82) is 0 Å². The van der Waals surface area contributed by atoms with E-state index < -0.39 is 0 Å². The first kappa shape index (κ1) is 20.4. The van der Waals surface area contributed by atoms with Gasteiger partial charge in [-0.25, -0.2) is 0 Å². The van der Waals surface area contributed by atoms with E-state index in [0.717, 1.165) is 18.5 Å². The zero-order valence-corrected chi connectivity index (χ0v) is 18.0. The predicted molar refractivity (Wildman–Crippen MR) is 124 cm³/mol. The molecule has 0 aliphatic carbocycles. The van der Waals surface area contributed by atoms with Crippen molar-refractivity contribution in [2.24, 2.45) is 0 Å². The largest absolute Gasteiger partial charge is 0.361 e. The van der Waals surface area contributed by atoms with Gasteiger partial charge in [0.15, 0.2) is 6.04 Å². The average molecular weight is 419 g/mol. The van der Waals surface area contributed by atoms with Gasteiger partial charge in [-0.15, -0.1) is 11.3 Å². The third kappa shape index (κ3) is 4.81. The number of para-hydroxylation sites is 1. The Balaban J connectivity index is 1.42. The highest BCUT2D eigenvalue weighted by Gasteiger charge is 2.23. The Labute approximate surface area is 181 Å². The highest BCUT2D eigenvalue weighted by molar-refractivity contribution is 7.09. The van der Waals surface area contributed by atoms with Crippen LogP contribution in [0.1, 0.15) is 28.8 Å². The summed E-state index contributed by atoms with van der Waals surface area (Å²) in [6.45, 7) is 3.48. The molecule has 2 atom stereocenters. The van der Waals surface area contributed by atoms with Crippen molar-refractivity contribution in [2.45, 2.75) is 25.3 Å². The molecule has 5 heteroatoms. The molecule has 0 aliphatic rings. The normalized spacial score (nSPS) is 13.2. The lowest BCUT2D eigenvalue weighted by Gasteiger charge is -2.18. The van der Waals surface area contributed by atoms with Crippen LogP contribution in [0.5, 0.6) is 0 Å². The lowest BCUT2D eigenvalue weighted by Crippen LogP contribution is -2.92. The summed E-state index contributed by atoms with van der Waals surface area (Å²) in [5.41, 5.74) is 3.69. The molecular weight excluding hydrogens is 390 g/mol. The third-order valence-electron chi connectivity index (χ3n) is 5.59. The summed E-state index contributed by atoms with van der Waals surface area (Å²) >= 11 is 1.73. The molecule has 0 fully saturated rings. The SMILES string of the molecule is C[C@@H]([NH2+]C[C@H](c1ccccc1)c1c[nH]c2ccccc12)C(=O)NCCc1cccs1. The van der Waals surface area contributed by atoms with E-state index in [1.54, 1.807) is 11.3 Å². The van der Waals surface area contributed by atoms with Crippen LogP contribution in [-0.2, 0) is 11.2 Å². The van der Waals surface area contributed by atoms with Gasteiger partial charge in [-0.1, -0.05) is 54.6 Å². The summed E-state index contributed by atoms with van der Waals surface area (Å²) < 4.78 is 0. The van der Waals surface area contributed by atoms with Crippen molar-refractivity contribution in [3.63, 3.8) is 0 Å². The van der Waals surface area contributed by atoms with Gasteiger partial charge >= 0.3 is 0 Å². The number of carbonyl (C=O) groups is 1. The highest BCUT2D eigenvalue weighted by Crippen LogP contribution is 2.29. The zero-order chi connectivity index (χ0) is 20.8. The van der Waals surface area contributed by atoms with Crippen molar-refractivity contribution in [3.8, 4) is 0 Å². The van der Waals surface area contributed by atoms with Crippen LogP contribution in [0.4, 0.5) is 0 Å². The second kappa shape index (κ2) is 9.74. The molecule has 4 rings (SSSR count). The molecule has 154 valence electrons. The van der Waals surface area contributed by atoms with Crippen LogP contribution >= 0.6 is 11.3 Å². The first-order valence-corrected chi connectivity index (χ1v) is 11.3. The summed E-state index contributed by atoms with van der Waals surface area (Å²) in [6.07, 6.45) is 3.00. The van der Waals surface area contributed by atoms with E-state index in [9.17, 15) is 4.79 Å². The predicted octanol–water partition coefficient (Wildman–Crippen LogP) is 3.67. The molecule has 4 nitrogen and oxygen atoms in total. The molecule has 30 heavy (non-hydrogen) atoms. The van der Waals surface area contributed by atoms with Crippen molar-refractivity contribution in [2.75, 3.05) is 13.1 Å². The second-order valence-electron chi connectivity index (χ2n) is 7.63. The number of thiophene rings is 1. The van der Waals surface area contributed by atoms with Crippen LogP contribution < -0.4 is 10.6 Å². The van der Waals surface area contributed by atoms with Gasteiger partial charge in [0.05, 0.1) is 12.5 Å². The second-order valence-corrected chi connectivity index (χ2v) is 8.67. The number of hydrogen-bond donors (Lipinski definition) is 3. The Hall–Kier alpha value is -2.89. The number of nitrogens with two attached hydrogens (primary N) is 1. The van der Waals surface area contributed by atoms with Gasteiger partial charge in [0.2, 0.25) is 0 Å². The summed E-state index contributed by atoms with van der Waals surface area (Å²) in [7, 11) is 0. The molecular formula is C25H28N3OS+. The van der Waals surface area contributed by atoms with Crippen molar-refractivity contribution in [3.05, 3.63) is 94.3 Å². The molecule has 2 aromatic carbocycles. The van der Waals surface area contributed by atoms with E-state index in [-0.39, 0.29) is 17.9 Å². The van der Waals surface area contributed by atoms with Crippen LogP contribution in [0.3, 0.4) is 0 Å². The van der Waals surface area contributed by atoms with E-state index in [4.69, 9.17) is 0 Å². The fourth-order valence-corrected chi connectivity index (χ4v) is 4.59. The number of benzene rings is 2. The lowest BCUT2D eigenvalue weighted by atomic mass is 9.90. The number of fused-ring (bicyclic) bond motifs is 1. The quantitative estimate of drug-likeness (QED) is 0.382. The van der Waals surface area contributed by atoms with Crippen LogP contribution in [0.15, 0.2) is 78.3 Å². The number of H-pyrrole nitrogens is 1. The van der Waals surface area contributed by atoms with Gasteiger partial charge in [-0.2, -0.15) is 0 Å².